The Labute approximate surface area is 138 Å². The maximum Gasteiger partial charge on any atom is 0.344 e. The molecule has 0 aliphatic carbocycles. The van der Waals surface area contributed by atoms with Crippen molar-refractivity contribution >= 4 is 16.9 Å². The first kappa shape index (κ1) is 15.8. The zero-order valence-electron chi connectivity index (χ0n) is 13.3. The summed E-state index contributed by atoms with van der Waals surface area (Å²) >= 11 is 0. The minimum atomic E-state index is -1.07. The van der Waals surface area contributed by atoms with Crippen LogP contribution in [0.1, 0.15) is 12.5 Å². The zero-order valence-corrected chi connectivity index (χ0v) is 13.3. The van der Waals surface area contributed by atoms with Crippen molar-refractivity contribution in [3.63, 3.8) is 0 Å². The van der Waals surface area contributed by atoms with E-state index in [0.29, 0.717) is 22.5 Å². The first-order valence-corrected chi connectivity index (χ1v) is 7.48. The minimum Gasteiger partial charge on any atom is -0.479 e. The molecular weight excluding hydrogens is 308 g/mol. The number of carbonyl (C=O) groups is 1. The molecule has 0 unspecified atom stereocenters. The normalized spacial score (nSPS) is 12.1. The maximum atomic E-state index is 12.4. The summed E-state index contributed by atoms with van der Waals surface area (Å²) in [5.74, 6) is -0.273. The standard InChI is InChI=1S/C19H16O5/c1-11-3-5-13(6-4-11)18-10-16(20)15-9-14(7-8-17(15)24-18)23-12(2)19(21)22/h3-10,12H,1-2H3,(H,21,22)/t12-/m1/s1. The number of rotatable bonds is 4. The minimum absolute atomic E-state index is 0.208. The van der Waals surface area contributed by atoms with Gasteiger partial charge in [-0.25, -0.2) is 4.79 Å². The van der Waals surface area contributed by atoms with Crippen LogP contribution in [0.4, 0.5) is 0 Å². The fourth-order valence-electron chi connectivity index (χ4n) is 2.32. The number of aryl methyl sites for hydroxylation is 1. The lowest BCUT2D eigenvalue weighted by molar-refractivity contribution is -0.144. The van der Waals surface area contributed by atoms with Crippen LogP contribution in [0, 0.1) is 6.92 Å². The van der Waals surface area contributed by atoms with E-state index in [4.69, 9.17) is 14.3 Å². The van der Waals surface area contributed by atoms with Crippen molar-refractivity contribution < 1.29 is 19.1 Å². The van der Waals surface area contributed by atoms with Gasteiger partial charge < -0.3 is 14.3 Å². The molecule has 1 aromatic heterocycles. The number of carboxylic acid groups (broad SMARTS) is 1. The van der Waals surface area contributed by atoms with Crippen molar-refractivity contribution in [1.29, 1.82) is 0 Å². The van der Waals surface area contributed by atoms with E-state index < -0.39 is 12.1 Å². The van der Waals surface area contributed by atoms with Crippen LogP contribution in [0.3, 0.4) is 0 Å². The fraction of sp³-hybridized carbons (Fsp3) is 0.158. The van der Waals surface area contributed by atoms with Crippen molar-refractivity contribution in [3.8, 4) is 17.1 Å². The number of fused-ring (bicyclic) bond motifs is 1. The van der Waals surface area contributed by atoms with Crippen molar-refractivity contribution in [3.05, 3.63) is 64.3 Å². The highest BCUT2D eigenvalue weighted by atomic mass is 16.5. The average Bonchev–Trinajstić information content (AvgIpc) is 2.55. The van der Waals surface area contributed by atoms with Gasteiger partial charge in [0.15, 0.2) is 11.5 Å². The Morgan fingerprint density at radius 1 is 1.12 bits per heavy atom. The molecule has 5 heteroatoms. The average molecular weight is 324 g/mol. The van der Waals surface area contributed by atoms with Gasteiger partial charge in [-0.05, 0) is 32.0 Å². The monoisotopic (exact) mass is 324 g/mol. The molecule has 0 saturated carbocycles. The lowest BCUT2D eigenvalue weighted by atomic mass is 10.1. The fourth-order valence-corrected chi connectivity index (χ4v) is 2.32. The van der Waals surface area contributed by atoms with Crippen molar-refractivity contribution in [1.82, 2.24) is 0 Å². The number of aliphatic carboxylic acids is 1. The van der Waals surface area contributed by atoms with Crippen molar-refractivity contribution in [2.45, 2.75) is 20.0 Å². The first-order chi connectivity index (χ1) is 11.4. The summed E-state index contributed by atoms with van der Waals surface area (Å²) in [6.07, 6.45) is -0.999. The summed E-state index contributed by atoms with van der Waals surface area (Å²) in [5.41, 5.74) is 2.16. The molecule has 24 heavy (non-hydrogen) atoms. The third-order valence-corrected chi connectivity index (χ3v) is 3.70. The van der Waals surface area contributed by atoms with Crippen LogP contribution in [0.15, 0.2) is 57.7 Å². The second-order valence-electron chi connectivity index (χ2n) is 5.60. The maximum absolute atomic E-state index is 12.4. The number of hydrogen-bond acceptors (Lipinski definition) is 4. The van der Waals surface area contributed by atoms with E-state index in [0.717, 1.165) is 11.1 Å². The van der Waals surface area contributed by atoms with E-state index in [9.17, 15) is 9.59 Å². The lowest BCUT2D eigenvalue weighted by Gasteiger charge is -2.11. The smallest absolute Gasteiger partial charge is 0.344 e. The Hall–Kier alpha value is -3.08. The molecule has 0 fully saturated rings. The molecule has 3 rings (SSSR count). The Morgan fingerprint density at radius 2 is 1.83 bits per heavy atom. The summed E-state index contributed by atoms with van der Waals surface area (Å²) in [7, 11) is 0. The molecule has 0 amide bonds. The summed E-state index contributed by atoms with van der Waals surface area (Å²) in [6.45, 7) is 3.41. The molecule has 122 valence electrons. The van der Waals surface area contributed by atoms with Gasteiger partial charge in [0, 0.05) is 11.6 Å². The topological polar surface area (TPSA) is 76.7 Å². The number of ether oxygens (including phenoxy) is 1. The Balaban J connectivity index is 2.02. The predicted molar refractivity (Wildman–Crippen MR) is 90.4 cm³/mol. The van der Waals surface area contributed by atoms with E-state index in [1.54, 1.807) is 12.1 Å². The molecule has 0 bridgehead atoms. The third kappa shape index (κ3) is 3.15. The van der Waals surface area contributed by atoms with Gasteiger partial charge in [-0.1, -0.05) is 29.8 Å². The molecule has 0 spiro atoms. The Kier molecular flexibility index (Phi) is 4.08. The van der Waals surface area contributed by atoms with Crippen LogP contribution < -0.4 is 10.2 Å². The largest absolute Gasteiger partial charge is 0.479 e. The van der Waals surface area contributed by atoms with Crippen LogP contribution >= 0.6 is 0 Å². The molecule has 5 nitrogen and oxygen atoms in total. The van der Waals surface area contributed by atoms with Gasteiger partial charge in [-0.2, -0.15) is 0 Å². The van der Waals surface area contributed by atoms with Crippen molar-refractivity contribution in [2.75, 3.05) is 0 Å². The first-order valence-electron chi connectivity index (χ1n) is 7.48. The molecular formula is C19H16O5. The lowest BCUT2D eigenvalue weighted by Crippen LogP contribution is -2.22. The molecule has 0 aliphatic rings. The van der Waals surface area contributed by atoms with Crippen LogP contribution in [0.25, 0.3) is 22.3 Å². The Morgan fingerprint density at radius 3 is 2.50 bits per heavy atom. The highest BCUT2D eigenvalue weighted by Gasteiger charge is 2.14. The SMILES string of the molecule is Cc1ccc(-c2cc(=O)c3cc(O[C@H](C)C(=O)O)ccc3o2)cc1. The summed E-state index contributed by atoms with van der Waals surface area (Å²) in [4.78, 5) is 23.2. The summed E-state index contributed by atoms with van der Waals surface area (Å²) in [5, 5.41) is 9.24. The van der Waals surface area contributed by atoms with E-state index >= 15 is 0 Å². The van der Waals surface area contributed by atoms with E-state index in [1.165, 1.54) is 19.1 Å². The number of hydrogen-bond donors (Lipinski definition) is 1. The molecule has 3 aromatic rings. The van der Waals surface area contributed by atoms with Gasteiger partial charge in [0.2, 0.25) is 0 Å². The highest BCUT2D eigenvalue weighted by molar-refractivity contribution is 5.80. The quantitative estimate of drug-likeness (QED) is 0.793. The summed E-state index contributed by atoms with van der Waals surface area (Å²) in [6, 6.07) is 13.8. The number of benzene rings is 2. The van der Waals surface area contributed by atoms with Crippen LogP contribution in [-0.4, -0.2) is 17.2 Å². The molecule has 0 saturated heterocycles. The van der Waals surface area contributed by atoms with Gasteiger partial charge in [0.25, 0.3) is 0 Å². The second kappa shape index (κ2) is 6.20. The van der Waals surface area contributed by atoms with E-state index in [2.05, 4.69) is 0 Å². The molecule has 2 aromatic carbocycles. The highest BCUT2D eigenvalue weighted by Crippen LogP contribution is 2.25. The summed E-state index contributed by atoms with van der Waals surface area (Å²) < 4.78 is 11.1. The molecule has 1 heterocycles. The molecule has 1 atom stereocenters. The number of carboxylic acids is 1. The van der Waals surface area contributed by atoms with Gasteiger partial charge in [0.05, 0.1) is 5.39 Å². The molecule has 0 radical (unpaired) electrons. The van der Waals surface area contributed by atoms with Crippen LogP contribution in [0.5, 0.6) is 5.75 Å². The second-order valence-corrected chi connectivity index (χ2v) is 5.60. The predicted octanol–water partition coefficient (Wildman–Crippen LogP) is 3.62. The van der Waals surface area contributed by atoms with Gasteiger partial charge in [0.1, 0.15) is 17.1 Å². The van der Waals surface area contributed by atoms with Crippen LogP contribution in [-0.2, 0) is 4.79 Å². The van der Waals surface area contributed by atoms with E-state index in [1.807, 2.05) is 31.2 Å². The molecule has 0 aliphatic heterocycles. The van der Waals surface area contributed by atoms with E-state index in [-0.39, 0.29) is 5.43 Å². The van der Waals surface area contributed by atoms with Gasteiger partial charge in [-0.3, -0.25) is 4.79 Å². The van der Waals surface area contributed by atoms with Crippen LogP contribution in [0.2, 0.25) is 0 Å². The Bertz CT molecular complexity index is 954. The molecule has 1 N–H and O–H groups in total. The van der Waals surface area contributed by atoms with Gasteiger partial charge in [-0.15, -0.1) is 0 Å². The third-order valence-electron chi connectivity index (χ3n) is 3.70. The van der Waals surface area contributed by atoms with Gasteiger partial charge >= 0.3 is 5.97 Å². The zero-order chi connectivity index (χ0) is 17.3. The van der Waals surface area contributed by atoms with Crippen molar-refractivity contribution in [2.24, 2.45) is 0 Å².